The fourth-order valence-electron chi connectivity index (χ4n) is 0.696. The van der Waals surface area contributed by atoms with Crippen LogP contribution in [0.3, 0.4) is 0 Å². The first kappa shape index (κ1) is 2.46. The summed E-state index contributed by atoms with van der Waals surface area (Å²) in [5.41, 5.74) is 0. The maximum atomic E-state index is 3.89. The van der Waals surface area contributed by atoms with Crippen molar-refractivity contribution in [2.45, 2.75) is 6.04 Å². The predicted octanol–water partition coefficient (Wildman–Crippen LogP) is -0.0254. The Morgan fingerprint density at radius 3 is 3.00 bits per heavy atom. The van der Waals surface area contributed by atoms with Gasteiger partial charge in [-0.25, -0.2) is 0 Å². The van der Waals surface area contributed by atoms with Gasteiger partial charge in [0.05, 0.1) is 0 Å². The maximum Gasteiger partial charge on any atom is 0.371 e. The Hall–Kier alpha value is -0.710. The van der Waals surface area contributed by atoms with Gasteiger partial charge in [0, 0.05) is 0 Å². The van der Waals surface area contributed by atoms with Gasteiger partial charge < -0.3 is 0 Å². The van der Waals surface area contributed by atoms with Crippen LogP contribution >= 0.6 is 0 Å². The summed E-state index contributed by atoms with van der Waals surface area (Å²) in [6, 6.07) is 0.769. The monoisotopic (exact) mass is 81.0 g/mol. The molecule has 0 amide bonds. The second-order valence-corrected chi connectivity index (χ2v) is 1.75. The Morgan fingerprint density at radius 1 is 1.83 bits per heavy atom. The number of fused-ring (bicyclic) bond motifs is 1. The summed E-state index contributed by atoms with van der Waals surface area (Å²) in [5.74, 6) is 0. The zero-order chi connectivity index (χ0) is 3.98. The van der Waals surface area contributed by atoms with Gasteiger partial charge in [-0.05, 0) is 0 Å². The van der Waals surface area contributed by atoms with Gasteiger partial charge >= 0.3 is 6.19 Å². The number of hydrogen-bond acceptors (Lipinski definition) is 1. The van der Waals surface area contributed by atoms with Crippen molar-refractivity contribution < 1.29 is 0 Å². The Labute approximate surface area is 36.2 Å². The normalized spacial score (nSPS) is 34.7. The van der Waals surface area contributed by atoms with Gasteiger partial charge in [-0.3, -0.25) is 0 Å². The second-order valence-electron chi connectivity index (χ2n) is 1.75. The fourth-order valence-corrected chi connectivity index (χ4v) is 0.696. The minimum absolute atomic E-state index is 0.769. The molecule has 2 aliphatic rings. The van der Waals surface area contributed by atoms with E-state index in [0.717, 1.165) is 12.6 Å². The van der Waals surface area contributed by atoms with Crippen LogP contribution in [-0.2, 0) is 0 Å². The van der Waals surface area contributed by atoms with Crippen LogP contribution in [0.15, 0.2) is 0 Å². The average molecular weight is 81.1 g/mol. The quantitative estimate of drug-likeness (QED) is 0.293. The molecule has 2 aliphatic heterocycles. The first-order valence-corrected chi connectivity index (χ1v) is 2.15. The molecule has 2 nitrogen and oxygen atoms in total. The SMILES string of the molecule is C1#[N+]CC2CN12. The van der Waals surface area contributed by atoms with E-state index in [2.05, 4.69) is 15.9 Å². The van der Waals surface area contributed by atoms with Crippen LogP contribution in [0.5, 0.6) is 0 Å². The lowest BCUT2D eigenvalue weighted by atomic mass is 10.5. The predicted molar refractivity (Wildman–Crippen MR) is 22.6 cm³/mol. The van der Waals surface area contributed by atoms with Gasteiger partial charge in [-0.1, -0.05) is 0 Å². The van der Waals surface area contributed by atoms with E-state index in [1.165, 1.54) is 6.54 Å². The Kier molecular flexibility index (Phi) is 0.221. The third-order valence-corrected chi connectivity index (χ3v) is 1.22. The van der Waals surface area contributed by atoms with Crippen LogP contribution in [0.25, 0.3) is 4.85 Å². The minimum atomic E-state index is 0.769. The molecule has 1 fully saturated rings. The highest BCUT2D eigenvalue weighted by atomic mass is 15.3. The minimum Gasteiger partial charge on any atom is -0.196 e. The van der Waals surface area contributed by atoms with Gasteiger partial charge in [-0.2, -0.15) is 9.74 Å². The van der Waals surface area contributed by atoms with Gasteiger partial charge in [0.15, 0.2) is 6.04 Å². The Bertz CT molecular complexity index is 130. The van der Waals surface area contributed by atoms with Crippen LogP contribution in [-0.4, -0.2) is 24.0 Å². The van der Waals surface area contributed by atoms with Crippen molar-refractivity contribution in [3.05, 3.63) is 4.85 Å². The summed E-state index contributed by atoms with van der Waals surface area (Å²) in [7, 11) is 0. The van der Waals surface area contributed by atoms with E-state index in [9.17, 15) is 0 Å². The topological polar surface area (TPSA) is 7.37 Å². The lowest BCUT2D eigenvalue weighted by Crippen LogP contribution is -1.87. The van der Waals surface area contributed by atoms with Crippen LogP contribution < -0.4 is 0 Å². The molecule has 0 aromatic rings. The molecular formula is C4H5N2+. The lowest BCUT2D eigenvalue weighted by molar-refractivity contribution is 0.759. The van der Waals surface area contributed by atoms with Crippen molar-refractivity contribution in [1.29, 1.82) is 0 Å². The molecule has 0 bridgehead atoms. The molecule has 30 valence electrons. The molecule has 0 spiro atoms. The molecule has 0 aromatic heterocycles. The van der Waals surface area contributed by atoms with E-state index >= 15 is 0 Å². The zero-order valence-corrected chi connectivity index (χ0v) is 3.39. The molecule has 0 radical (unpaired) electrons. The molecule has 0 aliphatic carbocycles. The first-order valence-electron chi connectivity index (χ1n) is 2.15. The van der Waals surface area contributed by atoms with Gasteiger partial charge in [0.1, 0.15) is 6.54 Å². The first-order chi connectivity index (χ1) is 2.97. The van der Waals surface area contributed by atoms with E-state index in [4.69, 9.17) is 0 Å². The molecule has 1 unspecified atom stereocenters. The molecule has 0 saturated carbocycles. The van der Waals surface area contributed by atoms with E-state index in [0.29, 0.717) is 0 Å². The molecule has 6 heavy (non-hydrogen) atoms. The molecular weight excluding hydrogens is 76.1 g/mol. The van der Waals surface area contributed by atoms with Crippen molar-refractivity contribution in [3.8, 4) is 6.19 Å². The van der Waals surface area contributed by atoms with Crippen molar-refractivity contribution in [2.24, 2.45) is 0 Å². The second kappa shape index (κ2) is 0.538. The standard InChI is InChI=1S/C4H5N2/c1-4-2-6(4)3-5-1/h4H,1-2H2/q+1. The van der Waals surface area contributed by atoms with Crippen LogP contribution in [0.4, 0.5) is 0 Å². The summed E-state index contributed by atoms with van der Waals surface area (Å²) >= 11 is 0. The number of hydrogen-bond donors (Lipinski definition) is 0. The van der Waals surface area contributed by atoms with E-state index in [1.807, 2.05) is 0 Å². The van der Waals surface area contributed by atoms with E-state index in [-0.39, 0.29) is 0 Å². The third-order valence-electron chi connectivity index (χ3n) is 1.22. The molecule has 2 rings (SSSR count). The maximum absolute atomic E-state index is 3.89. The van der Waals surface area contributed by atoms with Gasteiger partial charge in [0.25, 0.3) is 0 Å². The van der Waals surface area contributed by atoms with Crippen molar-refractivity contribution >= 4 is 0 Å². The molecule has 2 heterocycles. The number of rotatable bonds is 0. The zero-order valence-electron chi connectivity index (χ0n) is 3.39. The van der Waals surface area contributed by atoms with Crippen molar-refractivity contribution in [1.82, 2.24) is 4.90 Å². The van der Waals surface area contributed by atoms with Crippen LogP contribution in [0.1, 0.15) is 0 Å². The summed E-state index contributed by atoms with van der Waals surface area (Å²) in [6.45, 7) is 2.21. The Morgan fingerprint density at radius 2 is 2.83 bits per heavy atom. The summed E-state index contributed by atoms with van der Waals surface area (Å²) in [6.07, 6.45) is 2.85. The lowest BCUT2D eigenvalue weighted by Gasteiger charge is -1.58. The molecule has 1 saturated heterocycles. The summed E-state index contributed by atoms with van der Waals surface area (Å²) in [4.78, 5) is 6.00. The number of nitrogens with zero attached hydrogens (tertiary/aromatic N) is 2. The highest BCUT2D eigenvalue weighted by Gasteiger charge is 2.47. The Balaban J connectivity index is 2.33. The molecule has 2 heteroatoms. The smallest absolute Gasteiger partial charge is 0.196 e. The van der Waals surface area contributed by atoms with Crippen molar-refractivity contribution in [2.75, 3.05) is 13.1 Å². The van der Waals surface area contributed by atoms with Crippen LogP contribution in [0.2, 0.25) is 0 Å². The molecule has 0 N–H and O–H groups in total. The van der Waals surface area contributed by atoms with Gasteiger partial charge in [-0.15, -0.1) is 0 Å². The molecule has 1 atom stereocenters. The highest BCUT2D eigenvalue weighted by molar-refractivity contribution is 5.13. The van der Waals surface area contributed by atoms with Gasteiger partial charge in [0.2, 0.25) is 6.54 Å². The largest absolute Gasteiger partial charge is 0.371 e. The fraction of sp³-hybridized carbons (Fsp3) is 0.750. The summed E-state index contributed by atoms with van der Waals surface area (Å²) < 4.78 is 0. The highest BCUT2D eigenvalue weighted by Crippen LogP contribution is 2.19. The third kappa shape index (κ3) is 0.135. The average Bonchev–Trinajstić information content (AvgIpc) is 2.17. The van der Waals surface area contributed by atoms with Crippen LogP contribution in [0, 0.1) is 6.19 Å². The summed E-state index contributed by atoms with van der Waals surface area (Å²) in [5, 5.41) is 0. The van der Waals surface area contributed by atoms with E-state index < -0.39 is 0 Å². The van der Waals surface area contributed by atoms with E-state index in [1.54, 1.807) is 0 Å². The van der Waals surface area contributed by atoms with Crippen molar-refractivity contribution in [3.63, 3.8) is 0 Å². The molecule has 0 aromatic carbocycles.